The summed E-state index contributed by atoms with van der Waals surface area (Å²) in [5, 5.41) is 15.5. The van der Waals surface area contributed by atoms with Crippen molar-refractivity contribution in [1.82, 2.24) is 0 Å². The van der Waals surface area contributed by atoms with E-state index >= 15 is 0 Å². The number of unbranched alkanes of at least 4 members (excludes halogenated alkanes) is 3. The molecule has 0 aromatic heterocycles. The fourth-order valence-corrected chi connectivity index (χ4v) is 3.44. The number of hydrogen-bond donors (Lipinski definition) is 3. The van der Waals surface area contributed by atoms with Gasteiger partial charge in [-0.15, -0.1) is 0 Å². The molecule has 2 rings (SSSR count). The summed E-state index contributed by atoms with van der Waals surface area (Å²) < 4.78 is 16.6. The van der Waals surface area contributed by atoms with Crippen molar-refractivity contribution in [3.8, 4) is 11.5 Å². The molecule has 0 atom stereocenters. The molecule has 0 bridgehead atoms. The van der Waals surface area contributed by atoms with E-state index < -0.39 is 0 Å². The minimum Gasteiger partial charge on any atom is -0.494 e. The first-order valence-corrected chi connectivity index (χ1v) is 10.6. The molecule has 0 radical (unpaired) electrons. The lowest BCUT2D eigenvalue weighted by Gasteiger charge is -2.26. The fraction of sp³-hybridized carbons (Fsp3) is 0.522. The average Bonchev–Trinajstić information content (AvgIpc) is 2.76. The van der Waals surface area contributed by atoms with E-state index in [1.54, 1.807) is 0 Å². The van der Waals surface area contributed by atoms with Gasteiger partial charge < -0.3 is 19.9 Å². The van der Waals surface area contributed by atoms with Gasteiger partial charge in [0.05, 0.1) is 13.2 Å². The third kappa shape index (κ3) is 8.27. The third-order valence-electron chi connectivity index (χ3n) is 5.30. The van der Waals surface area contributed by atoms with E-state index in [0.29, 0.717) is 19.0 Å². The Hall–Kier alpha value is -2.83. The van der Waals surface area contributed by atoms with Crippen LogP contribution in [0.25, 0.3) is 0 Å². The molecule has 0 saturated heterocycles. The number of carbonyl (C=O) groups excluding carboxylic acids is 1. The van der Waals surface area contributed by atoms with Gasteiger partial charge in [0.25, 0.3) is 0 Å². The first-order chi connectivity index (χ1) is 14.5. The highest BCUT2D eigenvalue weighted by atomic mass is 16.5. The maximum absolute atomic E-state index is 11.3. The molecule has 0 unspecified atom stereocenters. The molecule has 1 aromatic carbocycles. The Morgan fingerprint density at radius 1 is 0.967 bits per heavy atom. The first-order valence-electron chi connectivity index (χ1n) is 10.6. The van der Waals surface area contributed by atoms with Crippen molar-refractivity contribution in [2.45, 2.75) is 51.4 Å². The highest BCUT2D eigenvalue weighted by molar-refractivity contribution is 5.83. The van der Waals surface area contributed by atoms with Crippen molar-refractivity contribution >= 4 is 17.7 Å². The molecule has 164 valence electrons. The van der Waals surface area contributed by atoms with Crippen LogP contribution >= 0.6 is 0 Å². The molecule has 1 aliphatic rings. The van der Waals surface area contributed by atoms with Crippen LogP contribution in [0.5, 0.6) is 11.5 Å². The Morgan fingerprint density at radius 3 is 2.13 bits per heavy atom. The lowest BCUT2D eigenvalue weighted by molar-refractivity contribution is -0.122. The summed E-state index contributed by atoms with van der Waals surface area (Å²) in [6.07, 6.45) is 8.31. The molecule has 1 aliphatic carbocycles. The van der Waals surface area contributed by atoms with E-state index in [-0.39, 0.29) is 29.5 Å². The molecule has 1 saturated carbocycles. The monoisotopic (exact) mass is 415 g/mol. The molecule has 0 spiro atoms. The highest BCUT2D eigenvalue weighted by Gasteiger charge is 2.28. The quantitative estimate of drug-likeness (QED) is 0.265. The number of ether oxygens (including phenoxy) is 3. The smallest absolute Gasteiger partial charge is 0.220 e. The summed E-state index contributed by atoms with van der Waals surface area (Å²) >= 11 is 0. The number of primary amides is 1. The largest absolute Gasteiger partial charge is 0.494 e. The van der Waals surface area contributed by atoms with Gasteiger partial charge in [0.1, 0.15) is 11.5 Å². The Labute approximate surface area is 178 Å². The van der Waals surface area contributed by atoms with Gasteiger partial charge >= 0.3 is 0 Å². The summed E-state index contributed by atoms with van der Waals surface area (Å²) in [6.45, 7) is 4.67. The molecule has 4 N–H and O–H groups in total. The van der Waals surface area contributed by atoms with E-state index in [2.05, 4.69) is 6.58 Å². The van der Waals surface area contributed by atoms with E-state index in [4.69, 9.17) is 30.8 Å². The Balaban J connectivity index is 1.59. The van der Waals surface area contributed by atoms with Gasteiger partial charge in [0.15, 0.2) is 5.90 Å². The summed E-state index contributed by atoms with van der Waals surface area (Å²) in [4.78, 5) is 11.3. The second kappa shape index (κ2) is 12.7. The normalized spacial score (nSPS) is 18.3. The molecule has 0 aliphatic heterocycles. The maximum Gasteiger partial charge on any atom is 0.220 e. The van der Waals surface area contributed by atoms with Crippen LogP contribution in [0, 0.1) is 22.7 Å². The van der Waals surface area contributed by atoms with Crippen molar-refractivity contribution in [2.75, 3.05) is 13.2 Å². The van der Waals surface area contributed by atoms with E-state index in [1.165, 1.54) is 6.08 Å². The van der Waals surface area contributed by atoms with Gasteiger partial charge in [-0.05, 0) is 81.7 Å². The van der Waals surface area contributed by atoms with Gasteiger partial charge in [-0.1, -0.05) is 6.58 Å². The predicted molar refractivity (Wildman–Crippen MR) is 117 cm³/mol. The van der Waals surface area contributed by atoms with Crippen molar-refractivity contribution < 1.29 is 19.0 Å². The number of carbonyl (C=O) groups is 1. The summed E-state index contributed by atoms with van der Waals surface area (Å²) in [5.41, 5.74) is 5.36. The van der Waals surface area contributed by atoms with Gasteiger partial charge in [0, 0.05) is 11.8 Å². The summed E-state index contributed by atoms with van der Waals surface area (Å²) in [6, 6.07) is 7.32. The van der Waals surface area contributed by atoms with Crippen LogP contribution in [0.1, 0.15) is 51.4 Å². The zero-order valence-corrected chi connectivity index (χ0v) is 17.5. The van der Waals surface area contributed by atoms with Crippen LogP contribution < -0.4 is 15.2 Å². The van der Waals surface area contributed by atoms with Gasteiger partial charge in [-0.2, -0.15) is 0 Å². The van der Waals surface area contributed by atoms with E-state index in [1.807, 2.05) is 24.3 Å². The number of benzene rings is 1. The Kier molecular flexibility index (Phi) is 9.91. The Bertz CT molecular complexity index is 710. The van der Waals surface area contributed by atoms with Gasteiger partial charge in [-0.25, -0.2) is 0 Å². The van der Waals surface area contributed by atoms with Crippen LogP contribution in [0.3, 0.4) is 0 Å². The summed E-state index contributed by atoms with van der Waals surface area (Å²) in [5.74, 6) is 1.51. The van der Waals surface area contributed by atoms with Crippen LogP contribution in [0.15, 0.2) is 36.9 Å². The zero-order valence-electron chi connectivity index (χ0n) is 17.5. The standard InChI is InChI=1S/C23H33N3O4/c1-2-21(24)29-16-6-4-3-5-15-28-19-11-13-20(14-12-19)30-23(26)18-9-7-17(8-10-18)22(25)27/h2,11-14,17-18,24,26H,1,3-10,15-16H2,(H2,25,27). The number of rotatable bonds is 12. The van der Waals surface area contributed by atoms with Crippen molar-refractivity contribution in [1.29, 1.82) is 10.8 Å². The van der Waals surface area contributed by atoms with Crippen LogP contribution in [0.4, 0.5) is 0 Å². The van der Waals surface area contributed by atoms with E-state index in [9.17, 15) is 4.79 Å². The molecule has 1 fully saturated rings. The van der Waals surface area contributed by atoms with Crippen molar-refractivity contribution in [3.05, 3.63) is 36.9 Å². The summed E-state index contributed by atoms with van der Waals surface area (Å²) in [7, 11) is 0. The molecule has 30 heavy (non-hydrogen) atoms. The lowest BCUT2D eigenvalue weighted by Crippen LogP contribution is -2.31. The molecule has 0 heterocycles. The SMILES string of the molecule is C=CC(=N)OCCCCCCOc1ccc(OC(=N)C2CCC(C(N)=O)CC2)cc1. The molecule has 1 amide bonds. The molecule has 7 nitrogen and oxygen atoms in total. The van der Waals surface area contributed by atoms with Crippen LogP contribution in [-0.2, 0) is 9.53 Å². The second-order valence-corrected chi connectivity index (χ2v) is 7.57. The zero-order chi connectivity index (χ0) is 21.8. The predicted octanol–water partition coefficient (Wildman–Crippen LogP) is 4.45. The maximum atomic E-state index is 11.3. The minimum atomic E-state index is -0.240. The lowest BCUT2D eigenvalue weighted by atomic mass is 9.81. The number of nitrogens with one attached hydrogen (secondary N) is 2. The highest BCUT2D eigenvalue weighted by Crippen LogP contribution is 2.30. The van der Waals surface area contributed by atoms with Crippen molar-refractivity contribution in [2.24, 2.45) is 17.6 Å². The van der Waals surface area contributed by atoms with Crippen molar-refractivity contribution in [3.63, 3.8) is 0 Å². The molecule has 1 aromatic rings. The second-order valence-electron chi connectivity index (χ2n) is 7.57. The number of hydrogen-bond acceptors (Lipinski definition) is 6. The van der Waals surface area contributed by atoms with Crippen LogP contribution in [0.2, 0.25) is 0 Å². The first kappa shape index (κ1) is 23.4. The Morgan fingerprint density at radius 2 is 1.53 bits per heavy atom. The molecular formula is C23H33N3O4. The van der Waals surface area contributed by atoms with Gasteiger partial charge in [0.2, 0.25) is 11.8 Å². The molecule has 7 heteroatoms. The topological polar surface area (TPSA) is 118 Å². The third-order valence-corrected chi connectivity index (χ3v) is 5.30. The fourth-order valence-electron chi connectivity index (χ4n) is 3.44. The number of amides is 1. The van der Waals surface area contributed by atoms with Gasteiger partial charge in [-0.3, -0.25) is 15.6 Å². The van der Waals surface area contributed by atoms with E-state index in [0.717, 1.165) is 57.1 Å². The number of nitrogens with two attached hydrogens (primary N) is 1. The average molecular weight is 416 g/mol. The molecular weight excluding hydrogens is 382 g/mol. The minimum absolute atomic E-state index is 0.0456. The van der Waals surface area contributed by atoms with Crippen LogP contribution in [-0.4, -0.2) is 30.9 Å².